The number of hydrogen-bond acceptors (Lipinski definition) is 11. The highest BCUT2D eigenvalue weighted by Crippen LogP contribution is 2.24. The molecule has 1 heterocycles. The Morgan fingerprint density at radius 2 is 1.07 bits per heavy atom. The number of ether oxygens (including phenoxy) is 4. The van der Waals surface area contributed by atoms with Crippen molar-refractivity contribution in [2.45, 2.75) is 192 Å². The first kappa shape index (κ1) is 51.6. The maximum Gasteiger partial charge on any atom is 0.306 e. The molecule has 4 N–H and O–H groups in total. The molecule has 1 aliphatic rings. The van der Waals surface area contributed by atoms with Crippen LogP contribution < -0.4 is 0 Å². The molecule has 0 aromatic carbocycles. The molecular formula is C43H74O12S. The summed E-state index contributed by atoms with van der Waals surface area (Å²) >= 11 is 0. The molecule has 12 nitrogen and oxygen atoms in total. The number of aliphatic hydroxyl groups is 3. The van der Waals surface area contributed by atoms with E-state index in [0.717, 1.165) is 70.6 Å². The molecule has 0 saturated carbocycles. The summed E-state index contributed by atoms with van der Waals surface area (Å²) in [6, 6.07) is 0. The van der Waals surface area contributed by atoms with Crippen LogP contribution in [0.3, 0.4) is 0 Å². The molecule has 1 saturated heterocycles. The van der Waals surface area contributed by atoms with Gasteiger partial charge in [0.25, 0.3) is 10.1 Å². The Hall–Kier alpha value is -2.39. The Kier molecular flexibility index (Phi) is 30.9. The summed E-state index contributed by atoms with van der Waals surface area (Å²) in [6.45, 7) is 3.65. The summed E-state index contributed by atoms with van der Waals surface area (Å²) in [7, 11) is -4.61. The van der Waals surface area contributed by atoms with E-state index in [1.54, 1.807) is 0 Å². The number of hydrogen-bond donors (Lipinski definition) is 4. The quantitative estimate of drug-likeness (QED) is 0.0213. The predicted molar refractivity (Wildman–Crippen MR) is 219 cm³/mol. The van der Waals surface area contributed by atoms with Gasteiger partial charge in [0.15, 0.2) is 12.4 Å². The lowest BCUT2D eigenvalue weighted by Gasteiger charge is -2.40. The zero-order valence-corrected chi connectivity index (χ0v) is 35.0. The minimum absolute atomic E-state index is 0.113. The van der Waals surface area contributed by atoms with Crippen LogP contribution in [0.15, 0.2) is 48.6 Å². The van der Waals surface area contributed by atoms with Crippen LogP contribution in [0.25, 0.3) is 0 Å². The van der Waals surface area contributed by atoms with Gasteiger partial charge in [-0.25, -0.2) is 0 Å². The van der Waals surface area contributed by atoms with Crippen LogP contribution in [0, 0.1) is 0 Å². The number of unbranched alkanes of at least 4 members (excludes halogenated alkanes) is 14. The Morgan fingerprint density at radius 1 is 0.607 bits per heavy atom. The van der Waals surface area contributed by atoms with Crippen molar-refractivity contribution in [1.29, 1.82) is 0 Å². The fourth-order valence-corrected chi connectivity index (χ4v) is 6.72. The highest BCUT2D eigenvalue weighted by molar-refractivity contribution is 7.85. The van der Waals surface area contributed by atoms with Crippen molar-refractivity contribution in [3.05, 3.63) is 48.6 Å². The summed E-state index contributed by atoms with van der Waals surface area (Å²) in [5.41, 5.74) is 0. The lowest BCUT2D eigenvalue weighted by Crippen LogP contribution is -2.60. The van der Waals surface area contributed by atoms with E-state index in [1.807, 2.05) is 0 Å². The molecule has 1 rings (SSSR count). The third kappa shape index (κ3) is 28.1. The molecular weight excluding hydrogens is 741 g/mol. The number of allylic oxidation sites excluding steroid dienone is 8. The van der Waals surface area contributed by atoms with Crippen molar-refractivity contribution in [2.75, 3.05) is 19.0 Å². The second-order valence-corrected chi connectivity index (χ2v) is 16.1. The second kappa shape index (κ2) is 33.6. The van der Waals surface area contributed by atoms with Crippen molar-refractivity contribution in [2.24, 2.45) is 0 Å². The van der Waals surface area contributed by atoms with Crippen molar-refractivity contribution >= 4 is 22.1 Å². The van der Waals surface area contributed by atoms with Gasteiger partial charge in [-0.05, 0) is 77.0 Å². The number of carbonyl (C=O) groups is 2. The average molecular weight is 815 g/mol. The van der Waals surface area contributed by atoms with Crippen molar-refractivity contribution < 1.29 is 56.8 Å². The van der Waals surface area contributed by atoms with Crippen molar-refractivity contribution in [3.63, 3.8) is 0 Å². The van der Waals surface area contributed by atoms with E-state index < -0.39 is 71.2 Å². The van der Waals surface area contributed by atoms with Crippen LogP contribution in [0.2, 0.25) is 0 Å². The normalized spacial score (nSPS) is 21.1. The number of aliphatic hydroxyl groups excluding tert-OH is 3. The van der Waals surface area contributed by atoms with Crippen LogP contribution in [0.4, 0.5) is 0 Å². The molecule has 0 amide bonds. The van der Waals surface area contributed by atoms with Gasteiger partial charge in [0.2, 0.25) is 0 Å². The molecule has 0 radical (unpaired) electrons. The molecule has 56 heavy (non-hydrogen) atoms. The maximum absolute atomic E-state index is 12.8. The van der Waals surface area contributed by atoms with Crippen molar-refractivity contribution in [3.8, 4) is 0 Å². The zero-order valence-electron chi connectivity index (χ0n) is 34.2. The van der Waals surface area contributed by atoms with Gasteiger partial charge in [0.1, 0.15) is 36.8 Å². The third-order valence-corrected chi connectivity index (χ3v) is 10.1. The van der Waals surface area contributed by atoms with E-state index in [1.165, 1.54) is 44.9 Å². The molecule has 0 aromatic rings. The minimum Gasteiger partial charge on any atom is -0.462 e. The van der Waals surface area contributed by atoms with E-state index in [2.05, 4.69) is 62.5 Å². The molecule has 324 valence electrons. The van der Waals surface area contributed by atoms with Gasteiger partial charge in [-0.2, -0.15) is 8.42 Å². The monoisotopic (exact) mass is 814 g/mol. The maximum atomic E-state index is 12.8. The molecule has 0 aliphatic carbocycles. The largest absolute Gasteiger partial charge is 0.462 e. The fraction of sp³-hybridized carbons (Fsp3) is 0.767. The molecule has 13 heteroatoms. The van der Waals surface area contributed by atoms with E-state index in [0.29, 0.717) is 12.8 Å². The van der Waals surface area contributed by atoms with Crippen LogP contribution in [-0.2, 0) is 38.7 Å². The van der Waals surface area contributed by atoms with E-state index in [4.69, 9.17) is 18.9 Å². The van der Waals surface area contributed by atoms with E-state index >= 15 is 0 Å². The Balaban J connectivity index is 2.53. The Bertz CT molecular complexity index is 1230. The molecule has 0 aromatic heterocycles. The summed E-state index contributed by atoms with van der Waals surface area (Å²) in [5, 5.41) is 30.8. The van der Waals surface area contributed by atoms with Gasteiger partial charge < -0.3 is 34.3 Å². The predicted octanol–water partition coefficient (Wildman–Crippen LogP) is 8.00. The minimum atomic E-state index is -4.61. The van der Waals surface area contributed by atoms with Gasteiger partial charge in [-0.3, -0.25) is 14.1 Å². The molecule has 0 spiro atoms. The van der Waals surface area contributed by atoms with Gasteiger partial charge in [-0.1, -0.05) is 114 Å². The SMILES string of the molecule is CCCCC/C=C/C/C=C/C/C=C/CCCCC(=O)O[C@H](COC(=O)CCCCCCC/C=C/CCCCCC)CO[C@H]1O[C@H](CS(=O)(=O)O)[C@@H](O)C(O)C1O. The highest BCUT2D eigenvalue weighted by atomic mass is 32.2. The highest BCUT2D eigenvalue weighted by Gasteiger charge is 2.46. The first-order valence-corrected chi connectivity index (χ1v) is 22.8. The smallest absolute Gasteiger partial charge is 0.306 e. The van der Waals surface area contributed by atoms with Crippen LogP contribution in [0.5, 0.6) is 0 Å². The Labute approximate surface area is 337 Å². The fourth-order valence-electron chi connectivity index (χ4n) is 6.03. The third-order valence-electron chi connectivity index (χ3n) is 9.38. The summed E-state index contributed by atoms with van der Waals surface area (Å²) in [6.07, 6.45) is 28.8. The molecule has 0 bridgehead atoms. The number of rotatable bonds is 34. The Morgan fingerprint density at radius 3 is 1.68 bits per heavy atom. The average Bonchev–Trinajstić information content (AvgIpc) is 3.16. The van der Waals surface area contributed by atoms with E-state index in [-0.39, 0.29) is 19.4 Å². The second-order valence-electron chi connectivity index (χ2n) is 14.6. The van der Waals surface area contributed by atoms with Crippen LogP contribution in [0.1, 0.15) is 155 Å². The van der Waals surface area contributed by atoms with Gasteiger partial charge in [0.05, 0.1) is 6.61 Å². The van der Waals surface area contributed by atoms with Gasteiger partial charge in [0, 0.05) is 12.8 Å². The van der Waals surface area contributed by atoms with Crippen LogP contribution in [-0.4, -0.2) is 96.0 Å². The molecule has 6 atom stereocenters. The van der Waals surface area contributed by atoms with E-state index in [9.17, 15) is 37.9 Å². The summed E-state index contributed by atoms with van der Waals surface area (Å²) in [5.74, 6) is -2.05. The topological polar surface area (TPSA) is 186 Å². The molecule has 2 unspecified atom stereocenters. The van der Waals surface area contributed by atoms with Gasteiger partial charge in [-0.15, -0.1) is 0 Å². The van der Waals surface area contributed by atoms with Crippen LogP contribution >= 0.6 is 0 Å². The lowest BCUT2D eigenvalue weighted by atomic mass is 10.00. The molecule has 1 fully saturated rings. The number of carbonyl (C=O) groups excluding carboxylic acids is 2. The first-order chi connectivity index (χ1) is 27.0. The molecule has 1 aliphatic heterocycles. The lowest BCUT2D eigenvalue weighted by molar-refractivity contribution is -0.297. The van der Waals surface area contributed by atoms with Gasteiger partial charge >= 0.3 is 11.9 Å². The first-order valence-electron chi connectivity index (χ1n) is 21.2. The number of esters is 2. The zero-order chi connectivity index (χ0) is 41.3. The standard InChI is InChI=1S/C43H74O12S/c1-3-5-7-9-11-13-15-17-18-20-22-24-26-28-30-32-39(45)54-36(34-53-43-42(48)41(47)40(46)37(55-43)35-56(49,50)51)33-52-38(44)31-29-27-25-23-21-19-16-14-12-10-8-6-4-2/h11,13-14,16-18,22,24,36-37,40-43,46-48H,3-10,12,15,19-21,23,25-35H2,1-2H3,(H,49,50,51)/b13-11+,16-14+,18-17+,24-22+/t36-,37-,40-,41?,42?,43+/m1/s1. The van der Waals surface area contributed by atoms with Crippen molar-refractivity contribution in [1.82, 2.24) is 0 Å². The summed E-state index contributed by atoms with van der Waals surface area (Å²) < 4.78 is 53.9. The summed E-state index contributed by atoms with van der Waals surface area (Å²) in [4.78, 5) is 25.3.